The van der Waals surface area contributed by atoms with Gasteiger partial charge in [-0.25, -0.2) is 4.68 Å². The van der Waals surface area contributed by atoms with Crippen molar-refractivity contribution in [1.82, 2.24) is 15.0 Å². The van der Waals surface area contributed by atoms with Crippen molar-refractivity contribution in [3.05, 3.63) is 46.3 Å². The van der Waals surface area contributed by atoms with Crippen molar-refractivity contribution in [2.75, 3.05) is 6.61 Å². The van der Waals surface area contributed by atoms with Gasteiger partial charge in [-0.3, -0.25) is 29.3 Å². The van der Waals surface area contributed by atoms with E-state index in [0.717, 1.165) is 27.7 Å². The van der Waals surface area contributed by atoms with Gasteiger partial charge in [-0.1, -0.05) is 17.3 Å². The summed E-state index contributed by atoms with van der Waals surface area (Å²) in [5.74, 6) is -2.98. The molecule has 0 amide bonds. The lowest BCUT2D eigenvalue weighted by atomic mass is 9.98. The van der Waals surface area contributed by atoms with Gasteiger partial charge in [-0.05, 0) is 6.07 Å². The number of nitro groups is 1. The lowest BCUT2D eigenvalue weighted by molar-refractivity contribution is -0.384. The summed E-state index contributed by atoms with van der Waals surface area (Å²) in [5.41, 5.74) is 0.170. The minimum atomic E-state index is -1.41. The minimum absolute atomic E-state index is 0.161. The van der Waals surface area contributed by atoms with Gasteiger partial charge in [0.05, 0.1) is 17.7 Å². The van der Waals surface area contributed by atoms with Gasteiger partial charge >= 0.3 is 23.9 Å². The molecule has 1 aromatic carbocycles. The fourth-order valence-electron chi connectivity index (χ4n) is 3.78. The first-order valence-corrected chi connectivity index (χ1v) is 11.5. The zero-order valence-corrected chi connectivity index (χ0v) is 21.4. The molecule has 5 atom stereocenters. The summed E-state index contributed by atoms with van der Waals surface area (Å²) in [6.07, 6.45) is -5.34. The molecule has 3 rings (SSSR count). The number of hydrogen-bond donors (Lipinski definition) is 0. The number of benzene rings is 1. The zero-order chi connectivity index (χ0) is 28.7. The quantitative estimate of drug-likeness (QED) is 0.174. The standard InChI is InChI=1S/C23H26N4O12/c1-12(28)34-11-19-20(36-13(2)29)21(37-14(3)30)22(38-15(4)31)23(39-19)35-10-16-9-26(25-24-16)17-7-5-6-8-18(17)27(32)33/h5-9,19-23H,10-11H2,1-4H3/t19-,20-,21+,22+,23+/m1/s1. The largest absolute Gasteiger partial charge is 0.463 e. The molecule has 2 aromatic rings. The van der Waals surface area contributed by atoms with E-state index in [9.17, 15) is 29.3 Å². The molecular weight excluding hydrogens is 524 g/mol. The van der Waals surface area contributed by atoms with Crippen LogP contribution in [0.3, 0.4) is 0 Å². The van der Waals surface area contributed by atoms with E-state index in [0.29, 0.717) is 0 Å². The van der Waals surface area contributed by atoms with Crippen LogP contribution in [0.5, 0.6) is 0 Å². The molecule has 1 aliphatic rings. The predicted octanol–water partition coefficient (Wildman–Crippen LogP) is 0.775. The van der Waals surface area contributed by atoms with Crippen molar-refractivity contribution in [1.29, 1.82) is 0 Å². The first-order valence-electron chi connectivity index (χ1n) is 11.5. The van der Waals surface area contributed by atoms with Gasteiger partial charge in [-0.15, -0.1) is 5.10 Å². The van der Waals surface area contributed by atoms with Gasteiger partial charge in [-0.2, -0.15) is 0 Å². The molecule has 0 spiro atoms. The Morgan fingerprint density at radius 3 is 2.18 bits per heavy atom. The first-order chi connectivity index (χ1) is 18.5. The number of esters is 4. The van der Waals surface area contributed by atoms with Crippen LogP contribution in [0.4, 0.5) is 5.69 Å². The smallest absolute Gasteiger partial charge is 0.303 e. The van der Waals surface area contributed by atoms with Crippen LogP contribution in [0.25, 0.3) is 5.69 Å². The molecule has 0 N–H and O–H groups in total. The van der Waals surface area contributed by atoms with Crippen LogP contribution in [0.15, 0.2) is 30.5 Å². The third-order valence-corrected chi connectivity index (χ3v) is 5.21. The molecule has 2 heterocycles. The molecule has 0 aliphatic carbocycles. The number of hydrogen-bond acceptors (Lipinski definition) is 14. The summed E-state index contributed by atoms with van der Waals surface area (Å²) in [7, 11) is 0. The summed E-state index contributed by atoms with van der Waals surface area (Å²) in [5, 5.41) is 19.2. The normalized spacial score (nSPS) is 22.4. The van der Waals surface area contributed by atoms with Crippen LogP contribution in [-0.2, 0) is 54.2 Å². The van der Waals surface area contributed by atoms with E-state index < -0.39 is 66.1 Å². The second-order valence-electron chi connectivity index (χ2n) is 8.28. The maximum atomic E-state index is 11.9. The molecule has 1 fully saturated rings. The first kappa shape index (κ1) is 29.1. The molecule has 0 radical (unpaired) electrons. The van der Waals surface area contributed by atoms with Crippen molar-refractivity contribution in [3.63, 3.8) is 0 Å². The zero-order valence-electron chi connectivity index (χ0n) is 21.4. The molecular formula is C23H26N4O12. The highest BCUT2D eigenvalue weighted by Crippen LogP contribution is 2.30. The highest BCUT2D eigenvalue weighted by atomic mass is 16.7. The molecule has 0 saturated carbocycles. The number of nitro benzene ring substituents is 1. The topological polar surface area (TPSA) is 198 Å². The number of aromatic nitrogens is 3. The minimum Gasteiger partial charge on any atom is -0.463 e. The van der Waals surface area contributed by atoms with Crippen LogP contribution in [0.1, 0.15) is 33.4 Å². The number of rotatable bonds is 10. The summed E-state index contributed by atoms with van der Waals surface area (Å²) in [6, 6.07) is 5.90. The number of nitrogens with zero attached hydrogens (tertiary/aromatic N) is 4. The summed E-state index contributed by atoms with van der Waals surface area (Å²) in [6.45, 7) is 3.76. The molecule has 0 unspecified atom stereocenters. The summed E-state index contributed by atoms with van der Waals surface area (Å²) >= 11 is 0. The lowest BCUT2D eigenvalue weighted by Crippen LogP contribution is -2.62. The fourth-order valence-corrected chi connectivity index (χ4v) is 3.78. The Labute approximate surface area is 221 Å². The van der Waals surface area contributed by atoms with Crippen molar-refractivity contribution in [2.45, 2.75) is 65.0 Å². The monoisotopic (exact) mass is 550 g/mol. The summed E-state index contributed by atoms with van der Waals surface area (Å²) in [4.78, 5) is 57.8. The second kappa shape index (κ2) is 12.9. The third-order valence-electron chi connectivity index (χ3n) is 5.21. The number of carbonyl (C=O) groups is 4. The lowest BCUT2D eigenvalue weighted by Gasteiger charge is -2.43. The van der Waals surface area contributed by atoms with Crippen LogP contribution < -0.4 is 0 Å². The molecule has 16 heteroatoms. The Morgan fingerprint density at radius 2 is 1.56 bits per heavy atom. The molecule has 39 heavy (non-hydrogen) atoms. The van der Waals surface area contributed by atoms with E-state index in [4.69, 9.17) is 28.4 Å². The summed E-state index contributed by atoms with van der Waals surface area (Å²) < 4.78 is 33.8. The van der Waals surface area contributed by atoms with E-state index >= 15 is 0 Å². The predicted molar refractivity (Wildman–Crippen MR) is 125 cm³/mol. The number of para-hydroxylation sites is 2. The van der Waals surface area contributed by atoms with Crippen LogP contribution >= 0.6 is 0 Å². The van der Waals surface area contributed by atoms with Crippen molar-refractivity contribution in [2.24, 2.45) is 0 Å². The van der Waals surface area contributed by atoms with Gasteiger partial charge in [0, 0.05) is 33.8 Å². The molecule has 1 aromatic heterocycles. The average molecular weight is 550 g/mol. The Balaban J connectivity index is 1.88. The average Bonchev–Trinajstić information content (AvgIpc) is 3.32. The van der Waals surface area contributed by atoms with Crippen LogP contribution in [0.2, 0.25) is 0 Å². The van der Waals surface area contributed by atoms with Crippen LogP contribution in [0, 0.1) is 10.1 Å². The van der Waals surface area contributed by atoms with Gasteiger partial charge in [0.25, 0.3) is 5.69 Å². The molecule has 210 valence electrons. The van der Waals surface area contributed by atoms with E-state index in [1.54, 1.807) is 6.07 Å². The molecule has 1 aliphatic heterocycles. The van der Waals surface area contributed by atoms with Gasteiger partial charge in [0.15, 0.2) is 24.6 Å². The maximum Gasteiger partial charge on any atom is 0.303 e. The van der Waals surface area contributed by atoms with E-state index in [1.165, 1.54) is 29.1 Å². The fraction of sp³-hybridized carbons (Fsp3) is 0.478. The molecule has 0 bridgehead atoms. The van der Waals surface area contributed by atoms with Crippen molar-refractivity contribution >= 4 is 29.6 Å². The maximum absolute atomic E-state index is 11.9. The SMILES string of the molecule is CC(=O)OC[C@H]1O[C@H](OCc2cn(-c3ccccc3[N+](=O)[O-])nn2)[C@@H](OC(C)=O)[C@@H](OC(C)=O)[C@@H]1OC(C)=O. The Morgan fingerprint density at radius 1 is 0.949 bits per heavy atom. The van der Waals surface area contributed by atoms with E-state index in [1.807, 2.05) is 0 Å². The van der Waals surface area contributed by atoms with E-state index in [-0.39, 0.29) is 23.7 Å². The number of carbonyl (C=O) groups excluding carboxylic acids is 4. The van der Waals surface area contributed by atoms with Gasteiger partial charge in [0.1, 0.15) is 24.1 Å². The Kier molecular flexibility index (Phi) is 9.62. The Hall–Kier alpha value is -4.44. The number of ether oxygens (including phenoxy) is 6. The van der Waals surface area contributed by atoms with Crippen molar-refractivity contribution in [3.8, 4) is 5.69 Å². The van der Waals surface area contributed by atoms with Gasteiger partial charge < -0.3 is 28.4 Å². The van der Waals surface area contributed by atoms with E-state index in [2.05, 4.69) is 10.3 Å². The van der Waals surface area contributed by atoms with Crippen molar-refractivity contribution < 1.29 is 52.5 Å². The highest BCUT2D eigenvalue weighted by molar-refractivity contribution is 5.68. The highest BCUT2D eigenvalue weighted by Gasteiger charge is 2.52. The molecule has 16 nitrogen and oxygen atoms in total. The molecule has 1 saturated heterocycles. The Bertz CT molecular complexity index is 1230. The third kappa shape index (κ3) is 7.78. The van der Waals surface area contributed by atoms with Crippen LogP contribution in [-0.4, -0.2) is 81.1 Å². The van der Waals surface area contributed by atoms with Gasteiger partial charge in [0.2, 0.25) is 0 Å². The second-order valence-corrected chi connectivity index (χ2v) is 8.28.